The number of hydrogen-bond acceptors (Lipinski definition) is 6. The van der Waals surface area contributed by atoms with E-state index in [-0.39, 0.29) is 11.5 Å². The molecule has 0 saturated carbocycles. The van der Waals surface area contributed by atoms with Gasteiger partial charge in [-0.15, -0.1) is 0 Å². The first-order valence-electron chi connectivity index (χ1n) is 10.7. The second-order valence-electron chi connectivity index (χ2n) is 8.00. The van der Waals surface area contributed by atoms with Crippen LogP contribution >= 0.6 is 11.3 Å². The molecule has 1 amide bonds. The summed E-state index contributed by atoms with van der Waals surface area (Å²) < 4.78 is 5.44. The molecule has 0 atom stereocenters. The third-order valence-corrected chi connectivity index (χ3v) is 6.46. The van der Waals surface area contributed by atoms with Crippen LogP contribution in [0.1, 0.15) is 27.0 Å². The molecular weight excluding hydrogens is 438 g/mol. The number of nitrogens with one attached hydrogen (secondary N) is 2. The molecule has 1 aromatic heterocycles. The Bertz CT molecular complexity index is 1230. The molecule has 3 aromatic rings. The lowest BCUT2D eigenvalue weighted by molar-refractivity contribution is -0.110. The van der Waals surface area contributed by atoms with Crippen LogP contribution in [0.4, 0.5) is 11.4 Å². The van der Waals surface area contributed by atoms with E-state index in [1.807, 2.05) is 29.0 Å². The fourth-order valence-corrected chi connectivity index (χ4v) is 4.79. The number of benzene rings is 2. The Morgan fingerprint density at radius 3 is 2.73 bits per heavy atom. The van der Waals surface area contributed by atoms with Gasteiger partial charge in [-0.05, 0) is 47.3 Å². The highest BCUT2D eigenvalue weighted by Gasteiger charge is 2.29. The van der Waals surface area contributed by atoms with E-state index < -0.39 is 5.97 Å². The first kappa shape index (κ1) is 21.4. The highest BCUT2D eigenvalue weighted by atomic mass is 32.1. The molecule has 168 valence electrons. The first-order valence-corrected chi connectivity index (χ1v) is 11.6. The van der Waals surface area contributed by atoms with Crippen molar-refractivity contribution in [3.63, 3.8) is 0 Å². The number of anilines is 2. The van der Waals surface area contributed by atoms with Gasteiger partial charge in [0.15, 0.2) is 0 Å². The normalized spacial score (nSPS) is 17.4. The van der Waals surface area contributed by atoms with Crippen molar-refractivity contribution in [2.45, 2.75) is 6.54 Å². The molecule has 2 aliphatic rings. The van der Waals surface area contributed by atoms with Crippen molar-refractivity contribution in [3.8, 4) is 0 Å². The third-order valence-electron chi connectivity index (χ3n) is 5.78. The van der Waals surface area contributed by atoms with Crippen molar-refractivity contribution in [2.24, 2.45) is 0 Å². The zero-order valence-corrected chi connectivity index (χ0v) is 18.7. The number of morpholine rings is 1. The van der Waals surface area contributed by atoms with Gasteiger partial charge < -0.3 is 20.5 Å². The average molecular weight is 462 g/mol. The number of carboxylic acid groups (broad SMARTS) is 1. The van der Waals surface area contributed by atoms with E-state index in [9.17, 15) is 14.7 Å². The molecule has 3 heterocycles. The van der Waals surface area contributed by atoms with Gasteiger partial charge >= 0.3 is 5.97 Å². The second kappa shape index (κ2) is 9.19. The number of hydrogen-bond donors (Lipinski definition) is 3. The molecule has 0 spiro atoms. The van der Waals surface area contributed by atoms with Gasteiger partial charge in [-0.3, -0.25) is 9.69 Å². The van der Waals surface area contributed by atoms with Crippen LogP contribution in [0.2, 0.25) is 0 Å². The number of thiophene rings is 1. The molecule has 2 aliphatic heterocycles. The largest absolute Gasteiger partial charge is 0.478 e. The van der Waals surface area contributed by atoms with Crippen LogP contribution in [0.3, 0.4) is 0 Å². The lowest BCUT2D eigenvalue weighted by Crippen LogP contribution is -2.35. The maximum absolute atomic E-state index is 13.0. The number of aromatic carboxylic acids is 1. The van der Waals surface area contributed by atoms with E-state index >= 15 is 0 Å². The molecule has 0 bridgehead atoms. The molecule has 0 unspecified atom stereocenters. The molecule has 33 heavy (non-hydrogen) atoms. The number of carbonyl (C=O) groups is 2. The maximum atomic E-state index is 13.0. The third kappa shape index (κ3) is 4.54. The fraction of sp³-hybridized carbons (Fsp3) is 0.200. The summed E-state index contributed by atoms with van der Waals surface area (Å²) in [6.07, 6.45) is 0. The average Bonchev–Trinajstić information content (AvgIpc) is 3.46. The zero-order valence-electron chi connectivity index (χ0n) is 17.8. The topological polar surface area (TPSA) is 90.9 Å². The lowest BCUT2D eigenvalue weighted by Gasteiger charge is -2.26. The summed E-state index contributed by atoms with van der Waals surface area (Å²) in [5.74, 6) is -1.29. The summed E-state index contributed by atoms with van der Waals surface area (Å²) in [7, 11) is 0. The van der Waals surface area contributed by atoms with Gasteiger partial charge in [0.05, 0.1) is 30.0 Å². The van der Waals surface area contributed by atoms with Crippen LogP contribution in [0.5, 0.6) is 0 Å². The van der Waals surface area contributed by atoms with Crippen LogP contribution in [0.15, 0.2) is 59.3 Å². The van der Waals surface area contributed by atoms with Crippen LogP contribution < -0.4 is 10.6 Å². The van der Waals surface area contributed by atoms with Gasteiger partial charge in [0.1, 0.15) is 0 Å². The van der Waals surface area contributed by atoms with Gasteiger partial charge in [-0.25, -0.2) is 4.79 Å². The van der Waals surface area contributed by atoms with Crippen molar-refractivity contribution < 1.29 is 19.4 Å². The van der Waals surface area contributed by atoms with Crippen LogP contribution in [0, 0.1) is 0 Å². The Balaban J connectivity index is 1.53. The SMILES string of the molecule is O=C1Nc2ccc(C(=O)O)cc2/C1=C(/Nc1cccc(CN2CCOCC2)c1)c1ccsc1. The fourth-order valence-electron chi connectivity index (χ4n) is 4.14. The molecule has 2 aromatic carbocycles. The molecule has 1 fully saturated rings. The van der Waals surface area contributed by atoms with Gasteiger partial charge in [0, 0.05) is 47.5 Å². The Labute approximate surface area is 195 Å². The van der Waals surface area contributed by atoms with Crippen LogP contribution in [0.25, 0.3) is 11.3 Å². The van der Waals surface area contributed by atoms with Crippen molar-refractivity contribution in [2.75, 3.05) is 36.9 Å². The van der Waals surface area contributed by atoms with Crippen LogP contribution in [-0.2, 0) is 16.1 Å². The molecule has 3 N–H and O–H groups in total. The standard InChI is InChI=1S/C25H23N3O4S/c29-24-22(20-13-17(25(30)31)4-5-21(20)27-24)23(18-6-11-33-15-18)26-19-3-1-2-16(12-19)14-28-7-9-32-10-8-28/h1-6,11-13,15,26H,7-10,14H2,(H,27,29)(H,30,31)/b23-22-. The summed E-state index contributed by atoms with van der Waals surface area (Å²) in [6, 6.07) is 14.8. The Kier molecular flexibility index (Phi) is 5.95. The number of carboxylic acids is 1. The quantitative estimate of drug-likeness (QED) is 0.477. The molecular formula is C25H23N3O4S. The van der Waals surface area contributed by atoms with Crippen molar-refractivity contribution in [1.29, 1.82) is 0 Å². The molecule has 0 aliphatic carbocycles. The van der Waals surface area contributed by atoms with Gasteiger partial charge in [-0.2, -0.15) is 11.3 Å². The monoisotopic (exact) mass is 461 g/mol. The predicted octanol–water partition coefficient (Wildman–Crippen LogP) is 4.21. The number of nitrogens with zero attached hydrogens (tertiary/aromatic N) is 1. The summed E-state index contributed by atoms with van der Waals surface area (Å²) in [5, 5.41) is 19.7. The minimum Gasteiger partial charge on any atom is -0.478 e. The van der Waals surface area contributed by atoms with E-state index in [0.717, 1.165) is 44.1 Å². The van der Waals surface area contributed by atoms with E-state index in [0.29, 0.717) is 22.5 Å². The highest BCUT2D eigenvalue weighted by Crippen LogP contribution is 2.38. The summed E-state index contributed by atoms with van der Waals surface area (Å²) in [6.45, 7) is 4.14. The van der Waals surface area contributed by atoms with Crippen molar-refractivity contribution in [3.05, 3.63) is 81.5 Å². The Hall–Kier alpha value is -3.46. The Morgan fingerprint density at radius 2 is 1.97 bits per heavy atom. The maximum Gasteiger partial charge on any atom is 0.335 e. The zero-order chi connectivity index (χ0) is 22.8. The highest BCUT2D eigenvalue weighted by molar-refractivity contribution is 7.08. The number of rotatable bonds is 6. The van der Waals surface area contributed by atoms with E-state index in [4.69, 9.17) is 4.74 Å². The minimum absolute atomic E-state index is 0.139. The molecule has 8 heteroatoms. The molecule has 7 nitrogen and oxygen atoms in total. The number of carbonyl (C=O) groups excluding carboxylic acids is 1. The summed E-state index contributed by atoms with van der Waals surface area (Å²) in [5.41, 5.74) is 5.32. The molecule has 5 rings (SSSR count). The second-order valence-corrected chi connectivity index (χ2v) is 8.78. The minimum atomic E-state index is -1.03. The van der Waals surface area contributed by atoms with E-state index in [2.05, 4.69) is 27.7 Å². The first-order chi connectivity index (χ1) is 16.1. The lowest BCUT2D eigenvalue weighted by atomic mass is 9.99. The number of amides is 1. The number of ether oxygens (including phenoxy) is 1. The smallest absolute Gasteiger partial charge is 0.335 e. The van der Waals surface area contributed by atoms with E-state index in [1.165, 1.54) is 23.0 Å². The van der Waals surface area contributed by atoms with Crippen molar-refractivity contribution >= 4 is 45.9 Å². The van der Waals surface area contributed by atoms with Crippen molar-refractivity contribution in [1.82, 2.24) is 4.90 Å². The predicted molar refractivity (Wildman–Crippen MR) is 129 cm³/mol. The van der Waals surface area contributed by atoms with E-state index in [1.54, 1.807) is 12.1 Å². The van der Waals surface area contributed by atoms with Gasteiger partial charge in [0.25, 0.3) is 5.91 Å². The van der Waals surface area contributed by atoms with Gasteiger partial charge in [0.2, 0.25) is 0 Å². The summed E-state index contributed by atoms with van der Waals surface area (Å²) >= 11 is 1.54. The summed E-state index contributed by atoms with van der Waals surface area (Å²) in [4.78, 5) is 26.9. The Morgan fingerprint density at radius 1 is 1.12 bits per heavy atom. The molecule has 1 saturated heterocycles. The van der Waals surface area contributed by atoms with Crippen LogP contribution in [-0.4, -0.2) is 48.2 Å². The number of fused-ring (bicyclic) bond motifs is 1. The van der Waals surface area contributed by atoms with Gasteiger partial charge in [-0.1, -0.05) is 12.1 Å². The molecule has 0 radical (unpaired) electrons.